The molecule has 2 heterocycles. The highest BCUT2D eigenvalue weighted by Crippen LogP contribution is 2.13. The molecule has 0 atom stereocenters. The first-order chi connectivity index (χ1) is 10.2. The number of aliphatic hydroxyl groups excluding tert-OH is 1. The molecule has 0 bridgehead atoms. The van der Waals surface area contributed by atoms with Gasteiger partial charge in [-0.2, -0.15) is 5.26 Å². The first-order valence-electron chi connectivity index (χ1n) is 6.82. The molecule has 1 saturated heterocycles. The summed E-state index contributed by atoms with van der Waals surface area (Å²) in [5.41, 5.74) is 0.536. The van der Waals surface area contributed by atoms with E-state index in [1.165, 1.54) is 0 Å². The molecule has 2 rings (SSSR count). The van der Waals surface area contributed by atoms with Crippen LogP contribution in [0.4, 0.5) is 5.82 Å². The van der Waals surface area contributed by atoms with Crippen LogP contribution >= 0.6 is 0 Å². The van der Waals surface area contributed by atoms with E-state index in [0.717, 1.165) is 5.82 Å². The molecule has 7 heteroatoms. The molecule has 1 aliphatic rings. The van der Waals surface area contributed by atoms with Crippen molar-refractivity contribution >= 4 is 11.7 Å². The number of piperazine rings is 1. The first kappa shape index (κ1) is 15.2. The van der Waals surface area contributed by atoms with Gasteiger partial charge in [0.05, 0.1) is 18.8 Å². The first-order valence-corrected chi connectivity index (χ1v) is 6.82. The fourth-order valence-corrected chi connectivity index (χ4v) is 2.14. The predicted molar refractivity (Wildman–Crippen MR) is 75.6 cm³/mol. The Morgan fingerprint density at radius 1 is 1.38 bits per heavy atom. The smallest absolute Gasteiger partial charge is 0.248 e. The normalized spacial score (nSPS) is 14.9. The second-order valence-corrected chi connectivity index (χ2v) is 4.66. The number of nitriles is 1. The molecule has 0 aromatic carbocycles. The van der Waals surface area contributed by atoms with E-state index in [1.54, 1.807) is 17.2 Å². The number of hydrogen-bond donors (Lipinski definition) is 1. The number of rotatable bonds is 5. The van der Waals surface area contributed by atoms with Crippen LogP contribution in [0.25, 0.3) is 0 Å². The van der Waals surface area contributed by atoms with Gasteiger partial charge in [-0.1, -0.05) is 0 Å². The lowest BCUT2D eigenvalue weighted by Crippen LogP contribution is -2.50. The van der Waals surface area contributed by atoms with Gasteiger partial charge in [-0.05, 0) is 12.1 Å². The van der Waals surface area contributed by atoms with E-state index < -0.39 is 0 Å². The van der Waals surface area contributed by atoms with Crippen LogP contribution in [0.3, 0.4) is 0 Å². The number of nitrogens with zero attached hydrogens (tertiary/aromatic N) is 4. The number of carbonyl (C=O) groups excluding carboxylic acids is 1. The Kier molecular flexibility index (Phi) is 5.49. The van der Waals surface area contributed by atoms with Gasteiger partial charge >= 0.3 is 0 Å². The molecule has 1 aromatic rings. The Bertz CT molecular complexity index is 504. The Labute approximate surface area is 123 Å². The average Bonchev–Trinajstić information content (AvgIpc) is 2.55. The standard InChI is InChI=1S/C14H18N4O3/c15-9-12-1-2-13(16-10-12)17-3-5-18(6-4-17)14(20)11-21-8-7-19/h1-2,10,19H,3-8,11H2. The third kappa shape index (κ3) is 4.15. The molecule has 7 nitrogen and oxygen atoms in total. The van der Waals surface area contributed by atoms with Crippen molar-refractivity contribution in [3.8, 4) is 6.07 Å². The lowest BCUT2D eigenvalue weighted by molar-refractivity contribution is -0.136. The Morgan fingerprint density at radius 2 is 2.14 bits per heavy atom. The minimum Gasteiger partial charge on any atom is -0.394 e. The second kappa shape index (κ2) is 7.57. The number of amides is 1. The summed E-state index contributed by atoms with van der Waals surface area (Å²) in [6, 6.07) is 5.60. The zero-order chi connectivity index (χ0) is 15.1. The van der Waals surface area contributed by atoms with E-state index in [-0.39, 0.29) is 25.7 Å². The van der Waals surface area contributed by atoms with Crippen molar-refractivity contribution in [1.82, 2.24) is 9.88 Å². The predicted octanol–water partition coefficient (Wildman–Crippen LogP) is -0.389. The quantitative estimate of drug-likeness (QED) is 0.743. The monoisotopic (exact) mass is 290 g/mol. The summed E-state index contributed by atoms with van der Waals surface area (Å²) in [5.74, 6) is 0.758. The number of aliphatic hydroxyl groups is 1. The van der Waals surface area contributed by atoms with Crippen LogP contribution in [-0.4, -0.2) is 66.9 Å². The fraction of sp³-hybridized carbons (Fsp3) is 0.500. The molecule has 0 radical (unpaired) electrons. The topological polar surface area (TPSA) is 89.7 Å². The Hall–Kier alpha value is -2.17. The van der Waals surface area contributed by atoms with Gasteiger partial charge in [-0.3, -0.25) is 4.79 Å². The molecule has 0 spiro atoms. The van der Waals surface area contributed by atoms with E-state index in [9.17, 15) is 4.79 Å². The van der Waals surface area contributed by atoms with Gasteiger partial charge in [0.25, 0.3) is 0 Å². The lowest BCUT2D eigenvalue weighted by Gasteiger charge is -2.35. The molecule has 0 saturated carbocycles. The highest BCUT2D eigenvalue weighted by molar-refractivity contribution is 5.77. The number of pyridine rings is 1. The summed E-state index contributed by atoms with van der Waals surface area (Å²) in [6.45, 7) is 2.74. The number of hydrogen-bond acceptors (Lipinski definition) is 6. The van der Waals surface area contributed by atoms with Crippen LogP contribution in [0.1, 0.15) is 5.56 Å². The van der Waals surface area contributed by atoms with Gasteiger partial charge in [0.15, 0.2) is 0 Å². The van der Waals surface area contributed by atoms with Crippen LogP contribution < -0.4 is 4.90 Å². The highest BCUT2D eigenvalue weighted by Gasteiger charge is 2.21. The van der Waals surface area contributed by atoms with Crippen LogP contribution in [0.2, 0.25) is 0 Å². The van der Waals surface area contributed by atoms with Crippen LogP contribution in [-0.2, 0) is 9.53 Å². The van der Waals surface area contributed by atoms with E-state index in [1.807, 2.05) is 12.1 Å². The number of aromatic nitrogens is 1. The third-order valence-corrected chi connectivity index (χ3v) is 3.29. The molecule has 1 N–H and O–H groups in total. The maximum absolute atomic E-state index is 11.8. The maximum Gasteiger partial charge on any atom is 0.248 e. The zero-order valence-electron chi connectivity index (χ0n) is 11.7. The third-order valence-electron chi connectivity index (χ3n) is 3.29. The summed E-state index contributed by atoms with van der Waals surface area (Å²) >= 11 is 0. The second-order valence-electron chi connectivity index (χ2n) is 4.66. The fourth-order valence-electron chi connectivity index (χ4n) is 2.14. The summed E-state index contributed by atoms with van der Waals surface area (Å²) in [7, 11) is 0. The lowest BCUT2D eigenvalue weighted by atomic mass is 10.2. The van der Waals surface area contributed by atoms with Gasteiger partial charge in [0.1, 0.15) is 18.5 Å². The minimum absolute atomic E-state index is 0.00960. The molecule has 21 heavy (non-hydrogen) atoms. The molecule has 1 aromatic heterocycles. The minimum atomic E-state index is -0.0780. The van der Waals surface area contributed by atoms with Gasteiger partial charge in [0, 0.05) is 32.4 Å². The number of ether oxygens (including phenoxy) is 1. The largest absolute Gasteiger partial charge is 0.394 e. The molecular weight excluding hydrogens is 272 g/mol. The SMILES string of the molecule is N#Cc1ccc(N2CCN(C(=O)COCCO)CC2)nc1. The highest BCUT2D eigenvalue weighted by atomic mass is 16.5. The van der Waals surface area contributed by atoms with Gasteiger partial charge < -0.3 is 19.6 Å². The summed E-state index contributed by atoms with van der Waals surface area (Å²) in [6.07, 6.45) is 1.55. The molecule has 1 amide bonds. The number of carbonyl (C=O) groups is 1. The van der Waals surface area contributed by atoms with Crippen LogP contribution in [0.15, 0.2) is 18.3 Å². The van der Waals surface area contributed by atoms with Gasteiger partial charge in [-0.15, -0.1) is 0 Å². The van der Waals surface area contributed by atoms with Gasteiger partial charge in [0.2, 0.25) is 5.91 Å². The Balaban J connectivity index is 1.82. The summed E-state index contributed by atoms with van der Waals surface area (Å²) < 4.78 is 5.04. The number of anilines is 1. The van der Waals surface area contributed by atoms with Crippen molar-refractivity contribution in [2.75, 3.05) is 50.9 Å². The van der Waals surface area contributed by atoms with E-state index >= 15 is 0 Å². The van der Waals surface area contributed by atoms with Crippen molar-refractivity contribution < 1.29 is 14.6 Å². The molecule has 112 valence electrons. The molecular formula is C14H18N4O3. The van der Waals surface area contributed by atoms with Crippen LogP contribution in [0.5, 0.6) is 0 Å². The average molecular weight is 290 g/mol. The van der Waals surface area contributed by atoms with E-state index in [2.05, 4.69) is 9.88 Å². The summed E-state index contributed by atoms with van der Waals surface area (Å²) in [4.78, 5) is 19.9. The van der Waals surface area contributed by atoms with E-state index in [4.69, 9.17) is 15.1 Å². The zero-order valence-corrected chi connectivity index (χ0v) is 11.7. The molecule has 0 aliphatic carbocycles. The van der Waals surface area contributed by atoms with Crippen molar-refractivity contribution in [2.45, 2.75) is 0 Å². The maximum atomic E-state index is 11.8. The van der Waals surface area contributed by atoms with Crippen molar-refractivity contribution in [2.24, 2.45) is 0 Å². The van der Waals surface area contributed by atoms with Gasteiger partial charge in [-0.25, -0.2) is 4.98 Å². The molecule has 0 unspecified atom stereocenters. The van der Waals surface area contributed by atoms with Crippen molar-refractivity contribution in [3.63, 3.8) is 0 Å². The molecule has 1 aliphatic heterocycles. The van der Waals surface area contributed by atoms with Crippen LogP contribution in [0, 0.1) is 11.3 Å². The Morgan fingerprint density at radius 3 is 2.71 bits per heavy atom. The van der Waals surface area contributed by atoms with E-state index in [0.29, 0.717) is 31.7 Å². The molecule has 1 fully saturated rings. The van der Waals surface area contributed by atoms with Crippen molar-refractivity contribution in [1.29, 1.82) is 5.26 Å². The summed E-state index contributed by atoms with van der Waals surface area (Å²) in [5, 5.41) is 17.4. The van der Waals surface area contributed by atoms with Crippen molar-refractivity contribution in [3.05, 3.63) is 23.9 Å².